The quantitative estimate of drug-likeness (QED) is 0.670. The lowest BCUT2D eigenvalue weighted by Crippen LogP contribution is -2.36. The fourth-order valence-electron chi connectivity index (χ4n) is 3.54. The lowest BCUT2D eigenvalue weighted by Gasteiger charge is -2.35. The Bertz CT molecular complexity index is 593. The number of esters is 1. The summed E-state index contributed by atoms with van der Waals surface area (Å²) >= 11 is 0. The SMILES string of the molecule is COC(=O)C(N)CCOC1CC(CCc2ccc3c(n2)NCCC3)C1.Cl. The van der Waals surface area contributed by atoms with Gasteiger partial charge in [0.25, 0.3) is 0 Å². The first kappa shape index (κ1) is 20.9. The minimum absolute atomic E-state index is 0. The van der Waals surface area contributed by atoms with Gasteiger partial charge in [-0.3, -0.25) is 4.79 Å². The molecule has 0 spiro atoms. The van der Waals surface area contributed by atoms with Crippen LogP contribution in [0.15, 0.2) is 12.1 Å². The number of pyridine rings is 1. The zero-order valence-corrected chi connectivity index (χ0v) is 16.2. The summed E-state index contributed by atoms with van der Waals surface area (Å²) in [6, 6.07) is 3.82. The summed E-state index contributed by atoms with van der Waals surface area (Å²) in [6.45, 7) is 1.55. The molecule has 1 aromatic heterocycles. The van der Waals surface area contributed by atoms with Crippen molar-refractivity contribution in [3.63, 3.8) is 0 Å². The van der Waals surface area contributed by atoms with Crippen LogP contribution in [0.5, 0.6) is 0 Å². The van der Waals surface area contributed by atoms with E-state index in [0.717, 1.165) is 44.5 Å². The van der Waals surface area contributed by atoms with Crippen molar-refractivity contribution < 1.29 is 14.3 Å². The molecule has 2 aliphatic rings. The van der Waals surface area contributed by atoms with Gasteiger partial charge in [0.15, 0.2) is 0 Å². The number of methoxy groups -OCH3 is 1. The second-order valence-electron chi connectivity index (χ2n) is 7.13. The Morgan fingerprint density at radius 2 is 2.23 bits per heavy atom. The van der Waals surface area contributed by atoms with Crippen LogP contribution in [0.4, 0.5) is 5.82 Å². The van der Waals surface area contributed by atoms with Crippen LogP contribution >= 0.6 is 12.4 Å². The second-order valence-corrected chi connectivity index (χ2v) is 7.13. The first-order valence-electron chi connectivity index (χ1n) is 9.33. The largest absolute Gasteiger partial charge is 0.468 e. The predicted molar refractivity (Wildman–Crippen MR) is 104 cm³/mol. The molecule has 0 amide bonds. The fraction of sp³-hybridized carbons (Fsp3) is 0.684. The Kier molecular flexibility index (Phi) is 8.13. The topological polar surface area (TPSA) is 86.5 Å². The monoisotopic (exact) mass is 383 g/mol. The lowest BCUT2D eigenvalue weighted by atomic mass is 9.79. The van der Waals surface area contributed by atoms with Crippen molar-refractivity contribution in [2.24, 2.45) is 11.7 Å². The average Bonchev–Trinajstić information content (AvgIpc) is 2.61. The molecule has 1 aliphatic carbocycles. The Labute approximate surface area is 161 Å². The van der Waals surface area contributed by atoms with Crippen molar-refractivity contribution in [3.8, 4) is 0 Å². The summed E-state index contributed by atoms with van der Waals surface area (Å²) in [4.78, 5) is 16.0. The van der Waals surface area contributed by atoms with Gasteiger partial charge in [-0.05, 0) is 62.5 Å². The molecular weight excluding hydrogens is 354 g/mol. The highest BCUT2D eigenvalue weighted by Gasteiger charge is 2.29. The minimum Gasteiger partial charge on any atom is -0.468 e. The number of ether oxygens (including phenoxy) is 2. The fourth-order valence-corrected chi connectivity index (χ4v) is 3.54. The molecule has 26 heavy (non-hydrogen) atoms. The van der Waals surface area contributed by atoms with Gasteiger partial charge in [0, 0.05) is 18.8 Å². The maximum atomic E-state index is 11.2. The first-order chi connectivity index (χ1) is 12.2. The molecule has 1 unspecified atom stereocenters. The molecule has 146 valence electrons. The van der Waals surface area contributed by atoms with Crippen LogP contribution in [0.2, 0.25) is 0 Å². The third-order valence-electron chi connectivity index (χ3n) is 5.24. The van der Waals surface area contributed by atoms with E-state index in [1.807, 2.05) is 0 Å². The molecule has 1 aromatic rings. The van der Waals surface area contributed by atoms with Gasteiger partial charge in [0.05, 0.1) is 13.2 Å². The summed E-state index contributed by atoms with van der Waals surface area (Å²) in [7, 11) is 1.35. The summed E-state index contributed by atoms with van der Waals surface area (Å²) < 4.78 is 10.4. The van der Waals surface area contributed by atoms with Crippen LogP contribution in [0.3, 0.4) is 0 Å². The van der Waals surface area contributed by atoms with E-state index >= 15 is 0 Å². The number of carbonyl (C=O) groups is 1. The molecule has 7 heteroatoms. The number of nitrogens with one attached hydrogen (secondary N) is 1. The summed E-state index contributed by atoms with van der Waals surface area (Å²) in [6.07, 6.45) is 7.53. The molecule has 2 heterocycles. The third kappa shape index (κ3) is 5.56. The molecule has 0 bridgehead atoms. The molecule has 1 atom stereocenters. The standard InChI is InChI=1S/C19H29N3O3.ClH/c1-24-19(23)17(20)8-10-25-16-11-13(12-16)4-6-15-7-5-14-3-2-9-21-18(14)22-15;/h5,7,13,16-17H,2-4,6,8-12,20H2,1H3,(H,21,22);1H. The predicted octanol–water partition coefficient (Wildman–Crippen LogP) is 2.48. The van der Waals surface area contributed by atoms with E-state index in [1.165, 1.54) is 24.8 Å². The third-order valence-corrected chi connectivity index (χ3v) is 5.24. The van der Waals surface area contributed by atoms with Gasteiger partial charge in [0.2, 0.25) is 0 Å². The summed E-state index contributed by atoms with van der Waals surface area (Å²) in [5.41, 5.74) is 8.22. The van der Waals surface area contributed by atoms with E-state index in [-0.39, 0.29) is 18.4 Å². The number of aromatic nitrogens is 1. The molecular formula is C19H30ClN3O3. The number of halogens is 1. The number of nitrogens with zero attached hydrogens (tertiary/aromatic N) is 1. The van der Waals surface area contributed by atoms with E-state index in [9.17, 15) is 4.79 Å². The Balaban J connectivity index is 0.00000243. The second kappa shape index (κ2) is 10.1. The van der Waals surface area contributed by atoms with Crippen LogP contribution in [0.25, 0.3) is 0 Å². The summed E-state index contributed by atoms with van der Waals surface area (Å²) in [5.74, 6) is 1.42. The van der Waals surface area contributed by atoms with E-state index in [0.29, 0.717) is 25.0 Å². The molecule has 0 saturated heterocycles. The maximum absolute atomic E-state index is 11.2. The van der Waals surface area contributed by atoms with E-state index in [4.69, 9.17) is 15.5 Å². The number of carbonyl (C=O) groups excluding carboxylic acids is 1. The van der Waals surface area contributed by atoms with Crippen molar-refractivity contribution >= 4 is 24.2 Å². The highest BCUT2D eigenvalue weighted by atomic mass is 35.5. The van der Waals surface area contributed by atoms with Crippen molar-refractivity contribution in [1.82, 2.24) is 4.98 Å². The highest BCUT2D eigenvalue weighted by molar-refractivity contribution is 5.85. The van der Waals surface area contributed by atoms with Gasteiger partial charge >= 0.3 is 5.97 Å². The number of hydrogen-bond acceptors (Lipinski definition) is 6. The van der Waals surface area contributed by atoms with Gasteiger partial charge in [-0.25, -0.2) is 4.98 Å². The van der Waals surface area contributed by atoms with E-state index < -0.39 is 6.04 Å². The van der Waals surface area contributed by atoms with Crippen LogP contribution in [0, 0.1) is 5.92 Å². The molecule has 3 N–H and O–H groups in total. The van der Waals surface area contributed by atoms with Crippen molar-refractivity contribution in [1.29, 1.82) is 0 Å². The van der Waals surface area contributed by atoms with Crippen LogP contribution < -0.4 is 11.1 Å². The molecule has 3 rings (SSSR count). The van der Waals surface area contributed by atoms with Crippen LogP contribution in [0.1, 0.15) is 43.4 Å². The Morgan fingerprint density at radius 1 is 1.42 bits per heavy atom. The van der Waals surface area contributed by atoms with Gasteiger partial charge in [-0.2, -0.15) is 0 Å². The van der Waals surface area contributed by atoms with Crippen molar-refractivity contribution in [2.45, 2.75) is 57.1 Å². The van der Waals surface area contributed by atoms with Gasteiger partial charge < -0.3 is 20.5 Å². The number of aryl methyl sites for hydroxylation is 2. The molecule has 6 nitrogen and oxygen atoms in total. The van der Waals surface area contributed by atoms with Crippen molar-refractivity contribution in [3.05, 3.63) is 23.4 Å². The maximum Gasteiger partial charge on any atom is 0.322 e. The molecule has 0 aromatic carbocycles. The zero-order valence-electron chi connectivity index (χ0n) is 15.4. The Morgan fingerprint density at radius 3 is 3.00 bits per heavy atom. The van der Waals surface area contributed by atoms with Crippen LogP contribution in [-0.4, -0.2) is 43.4 Å². The van der Waals surface area contributed by atoms with E-state index in [1.54, 1.807) is 0 Å². The number of anilines is 1. The molecule has 1 fully saturated rings. The number of hydrogen-bond donors (Lipinski definition) is 2. The van der Waals surface area contributed by atoms with Gasteiger partial charge in [0.1, 0.15) is 11.9 Å². The minimum atomic E-state index is -0.579. The normalized spacial score (nSPS) is 22.2. The smallest absolute Gasteiger partial charge is 0.322 e. The molecule has 0 radical (unpaired) electrons. The zero-order chi connectivity index (χ0) is 17.6. The number of fused-ring (bicyclic) bond motifs is 1. The number of nitrogens with two attached hydrogens (primary N) is 1. The van der Waals surface area contributed by atoms with E-state index in [2.05, 4.69) is 22.2 Å². The number of rotatable bonds is 8. The van der Waals surface area contributed by atoms with Gasteiger partial charge in [-0.1, -0.05) is 6.07 Å². The molecule has 1 saturated carbocycles. The molecule has 1 aliphatic heterocycles. The summed E-state index contributed by atoms with van der Waals surface area (Å²) in [5, 5.41) is 3.40. The van der Waals surface area contributed by atoms with Crippen molar-refractivity contribution in [2.75, 3.05) is 25.6 Å². The van der Waals surface area contributed by atoms with Gasteiger partial charge in [-0.15, -0.1) is 12.4 Å². The Hall–Kier alpha value is -1.37. The lowest BCUT2D eigenvalue weighted by molar-refractivity contribution is -0.143. The van der Waals surface area contributed by atoms with Crippen LogP contribution in [-0.2, 0) is 27.1 Å². The highest BCUT2D eigenvalue weighted by Crippen LogP contribution is 2.34. The first-order valence-corrected chi connectivity index (χ1v) is 9.33. The average molecular weight is 384 g/mol.